The SMILES string of the molecule is CC(C)C[C@H](NC(=O)NCCCN(C)C(C)C)C(=O)O. The molecular weight excluding hydrogens is 258 g/mol. The zero-order valence-electron chi connectivity index (χ0n) is 13.3. The van der Waals surface area contributed by atoms with Crippen LogP contribution in [0.1, 0.15) is 40.5 Å². The first kappa shape index (κ1) is 18.7. The molecule has 3 N–H and O–H groups in total. The predicted molar refractivity (Wildman–Crippen MR) is 79.8 cm³/mol. The summed E-state index contributed by atoms with van der Waals surface area (Å²) in [5, 5.41) is 14.2. The van der Waals surface area contributed by atoms with E-state index in [9.17, 15) is 9.59 Å². The molecule has 0 aliphatic rings. The van der Waals surface area contributed by atoms with Crippen LogP contribution in [0.15, 0.2) is 0 Å². The van der Waals surface area contributed by atoms with Gasteiger partial charge in [0.15, 0.2) is 0 Å². The molecular formula is C14H29N3O3. The lowest BCUT2D eigenvalue weighted by Gasteiger charge is -2.21. The van der Waals surface area contributed by atoms with E-state index >= 15 is 0 Å². The summed E-state index contributed by atoms with van der Waals surface area (Å²) < 4.78 is 0. The lowest BCUT2D eigenvalue weighted by atomic mass is 10.0. The van der Waals surface area contributed by atoms with Crippen molar-refractivity contribution >= 4 is 12.0 Å². The maximum Gasteiger partial charge on any atom is 0.326 e. The summed E-state index contributed by atoms with van der Waals surface area (Å²) in [4.78, 5) is 24.8. The van der Waals surface area contributed by atoms with Crippen LogP contribution in [0.2, 0.25) is 0 Å². The van der Waals surface area contributed by atoms with E-state index in [0.29, 0.717) is 19.0 Å². The highest BCUT2D eigenvalue weighted by molar-refractivity contribution is 5.82. The Labute approximate surface area is 121 Å². The van der Waals surface area contributed by atoms with Gasteiger partial charge in [-0.15, -0.1) is 0 Å². The van der Waals surface area contributed by atoms with Crippen molar-refractivity contribution in [2.75, 3.05) is 20.1 Å². The first-order valence-electron chi connectivity index (χ1n) is 7.21. The fraction of sp³-hybridized carbons (Fsp3) is 0.857. The summed E-state index contributed by atoms with van der Waals surface area (Å²) in [6, 6.07) is -0.759. The van der Waals surface area contributed by atoms with Gasteiger partial charge < -0.3 is 20.6 Å². The van der Waals surface area contributed by atoms with Crippen LogP contribution in [0.3, 0.4) is 0 Å². The molecule has 0 radical (unpaired) electrons. The molecule has 20 heavy (non-hydrogen) atoms. The van der Waals surface area contributed by atoms with Crippen molar-refractivity contribution in [3.05, 3.63) is 0 Å². The van der Waals surface area contributed by atoms with E-state index in [4.69, 9.17) is 5.11 Å². The van der Waals surface area contributed by atoms with Gasteiger partial charge in [0.05, 0.1) is 0 Å². The Morgan fingerprint density at radius 1 is 1.20 bits per heavy atom. The van der Waals surface area contributed by atoms with Crippen molar-refractivity contribution in [1.82, 2.24) is 15.5 Å². The van der Waals surface area contributed by atoms with E-state index in [1.54, 1.807) is 0 Å². The topological polar surface area (TPSA) is 81.7 Å². The first-order chi connectivity index (χ1) is 9.23. The van der Waals surface area contributed by atoms with Crippen molar-refractivity contribution in [3.8, 4) is 0 Å². The van der Waals surface area contributed by atoms with Gasteiger partial charge in [-0.05, 0) is 46.2 Å². The highest BCUT2D eigenvalue weighted by Gasteiger charge is 2.20. The molecule has 118 valence electrons. The number of carboxylic acids is 1. The zero-order chi connectivity index (χ0) is 15.7. The van der Waals surface area contributed by atoms with Gasteiger partial charge in [-0.1, -0.05) is 13.8 Å². The number of aliphatic carboxylic acids is 1. The molecule has 0 saturated carbocycles. The highest BCUT2D eigenvalue weighted by Crippen LogP contribution is 2.04. The molecule has 0 aliphatic heterocycles. The van der Waals surface area contributed by atoms with Gasteiger partial charge in [-0.25, -0.2) is 9.59 Å². The molecule has 0 bridgehead atoms. The third kappa shape index (κ3) is 8.74. The van der Waals surface area contributed by atoms with E-state index in [1.165, 1.54) is 0 Å². The molecule has 0 saturated heterocycles. The normalized spacial score (nSPS) is 12.8. The standard InChI is InChI=1S/C14H29N3O3/c1-10(2)9-12(13(18)19)16-14(20)15-7-6-8-17(5)11(3)4/h10-12H,6-9H2,1-5H3,(H,18,19)(H2,15,16,20)/t12-/m0/s1. The van der Waals surface area contributed by atoms with Crippen LogP contribution in [0.5, 0.6) is 0 Å². The second-order valence-electron chi connectivity index (χ2n) is 5.85. The van der Waals surface area contributed by atoms with Crippen LogP contribution in [0.25, 0.3) is 0 Å². The number of nitrogens with one attached hydrogen (secondary N) is 2. The summed E-state index contributed by atoms with van der Waals surface area (Å²) in [7, 11) is 2.04. The summed E-state index contributed by atoms with van der Waals surface area (Å²) in [6.07, 6.45) is 1.27. The maximum atomic E-state index is 11.6. The predicted octanol–water partition coefficient (Wildman–Crippen LogP) is 1.52. The summed E-state index contributed by atoms with van der Waals surface area (Å²) in [6.45, 7) is 9.52. The van der Waals surface area contributed by atoms with Gasteiger partial charge in [-0.2, -0.15) is 0 Å². The molecule has 0 aromatic rings. The lowest BCUT2D eigenvalue weighted by Crippen LogP contribution is -2.47. The Bertz CT molecular complexity index is 306. The first-order valence-corrected chi connectivity index (χ1v) is 7.21. The average molecular weight is 287 g/mol. The minimum absolute atomic E-state index is 0.219. The molecule has 0 aromatic heterocycles. The minimum atomic E-state index is -0.992. The van der Waals surface area contributed by atoms with Gasteiger partial charge in [-0.3, -0.25) is 0 Å². The van der Waals surface area contributed by atoms with Crippen LogP contribution in [-0.2, 0) is 4.79 Å². The van der Waals surface area contributed by atoms with Gasteiger partial charge in [0.25, 0.3) is 0 Å². The largest absolute Gasteiger partial charge is 0.480 e. The van der Waals surface area contributed by atoms with E-state index < -0.39 is 18.0 Å². The van der Waals surface area contributed by atoms with Crippen molar-refractivity contribution in [1.29, 1.82) is 0 Å². The number of carboxylic acid groups (broad SMARTS) is 1. The number of urea groups is 1. The van der Waals surface area contributed by atoms with Crippen LogP contribution in [0, 0.1) is 5.92 Å². The summed E-state index contributed by atoms with van der Waals surface area (Å²) in [5.41, 5.74) is 0. The second-order valence-corrected chi connectivity index (χ2v) is 5.85. The molecule has 0 spiro atoms. The Morgan fingerprint density at radius 2 is 1.80 bits per heavy atom. The number of carbonyl (C=O) groups excluding carboxylic acids is 1. The highest BCUT2D eigenvalue weighted by atomic mass is 16.4. The molecule has 0 rings (SSSR count). The molecule has 0 unspecified atom stereocenters. The molecule has 6 heteroatoms. The van der Waals surface area contributed by atoms with E-state index in [1.807, 2.05) is 20.9 Å². The number of carbonyl (C=O) groups is 2. The number of hydrogen-bond acceptors (Lipinski definition) is 3. The van der Waals surface area contributed by atoms with Crippen molar-refractivity contribution in [2.45, 2.75) is 52.6 Å². The molecule has 0 fully saturated rings. The average Bonchev–Trinajstić information content (AvgIpc) is 2.32. The van der Waals surface area contributed by atoms with Crippen molar-refractivity contribution in [3.63, 3.8) is 0 Å². The van der Waals surface area contributed by atoms with E-state index in [-0.39, 0.29) is 5.92 Å². The molecule has 0 aromatic carbocycles. The zero-order valence-corrected chi connectivity index (χ0v) is 13.3. The number of rotatable bonds is 9. The van der Waals surface area contributed by atoms with Gasteiger partial charge in [0.2, 0.25) is 0 Å². The molecule has 0 aliphatic carbocycles. The monoisotopic (exact) mass is 287 g/mol. The van der Waals surface area contributed by atoms with Crippen LogP contribution in [-0.4, -0.2) is 54.2 Å². The van der Waals surface area contributed by atoms with Gasteiger partial charge in [0.1, 0.15) is 6.04 Å². The van der Waals surface area contributed by atoms with Gasteiger partial charge >= 0.3 is 12.0 Å². The minimum Gasteiger partial charge on any atom is -0.480 e. The fourth-order valence-electron chi connectivity index (χ4n) is 1.69. The second kappa shape index (κ2) is 9.58. The van der Waals surface area contributed by atoms with Crippen LogP contribution in [0.4, 0.5) is 4.79 Å². The van der Waals surface area contributed by atoms with Crippen molar-refractivity contribution in [2.24, 2.45) is 5.92 Å². The summed E-state index contributed by atoms with van der Waals surface area (Å²) in [5.74, 6) is -0.774. The third-order valence-electron chi connectivity index (χ3n) is 3.17. The number of amides is 2. The Hall–Kier alpha value is -1.30. The third-order valence-corrected chi connectivity index (χ3v) is 3.17. The Balaban J connectivity index is 3.94. The summed E-state index contributed by atoms with van der Waals surface area (Å²) >= 11 is 0. The van der Waals surface area contributed by atoms with Gasteiger partial charge in [0, 0.05) is 12.6 Å². The molecule has 2 amide bonds. The van der Waals surface area contributed by atoms with Crippen LogP contribution >= 0.6 is 0 Å². The maximum absolute atomic E-state index is 11.6. The van der Waals surface area contributed by atoms with E-state index in [2.05, 4.69) is 29.4 Å². The molecule has 1 atom stereocenters. The fourth-order valence-corrected chi connectivity index (χ4v) is 1.69. The lowest BCUT2D eigenvalue weighted by molar-refractivity contribution is -0.139. The van der Waals surface area contributed by atoms with Crippen LogP contribution < -0.4 is 10.6 Å². The van der Waals surface area contributed by atoms with E-state index in [0.717, 1.165) is 13.0 Å². The van der Waals surface area contributed by atoms with Crippen molar-refractivity contribution < 1.29 is 14.7 Å². The Morgan fingerprint density at radius 3 is 2.25 bits per heavy atom. The molecule has 0 heterocycles. The number of hydrogen-bond donors (Lipinski definition) is 3. The smallest absolute Gasteiger partial charge is 0.326 e. The molecule has 6 nitrogen and oxygen atoms in total. The Kier molecular flexibility index (Phi) is 8.96. The quantitative estimate of drug-likeness (QED) is 0.562. The number of nitrogens with zero attached hydrogens (tertiary/aromatic N) is 1.